The second-order valence-electron chi connectivity index (χ2n) is 6.49. The summed E-state index contributed by atoms with van der Waals surface area (Å²) in [6.45, 7) is 6.11. The van der Waals surface area contributed by atoms with E-state index in [9.17, 15) is 14.9 Å². The Hall–Kier alpha value is -3.22. The minimum absolute atomic E-state index is 0.0216. The van der Waals surface area contributed by atoms with Crippen molar-refractivity contribution in [3.63, 3.8) is 0 Å². The van der Waals surface area contributed by atoms with E-state index >= 15 is 0 Å². The highest BCUT2D eigenvalue weighted by molar-refractivity contribution is 5.60. The predicted molar refractivity (Wildman–Crippen MR) is 101 cm³/mol. The number of fused-ring (bicyclic) bond motifs is 1. The fourth-order valence-corrected chi connectivity index (χ4v) is 2.80. The van der Waals surface area contributed by atoms with E-state index in [1.807, 2.05) is 31.2 Å². The van der Waals surface area contributed by atoms with Gasteiger partial charge in [-0.2, -0.15) is 0 Å². The van der Waals surface area contributed by atoms with Crippen LogP contribution in [0.2, 0.25) is 0 Å². The van der Waals surface area contributed by atoms with Gasteiger partial charge >= 0.3 is 11.2 Å². The van der Waals surface area contributed by atoms with Gasteiger partial charge in [0.15, 0.2) is 0 Å². The Labute approximate surface area is 150 Å². The van der Waals surface area contributed by atoms with Crippen molar-refractivity contribution < 1.29 is 4.92 Å². The Balaban J connectivity index is 2.00. The smallest absolute Gasteiger partial charge is 0.358 e. The van der Waals surface area contributed by atoms with Crippen molar-refractivity contribution in [1.29, 1.82) is 0 Å². The molecule has 1 N–H and O–H groups in total. The summed E-state index contributed by atoms with van der Waals surface area (Å²) >= 11 is 0. The highest BCUT2D eigenvalue weighted by Crippen LogP contribution is 2.25. The number of hydrogen-bond donors (Lipinski definition) is 1. The van der Waals surface area contributed by atoms with Crippen LogP contribution in [0.3, 0.4) is 0 Å². The summed E-state index contributed by atoms with van der Waals surface area (Å²) in [7, 11) is 0. The van der Waals surface area contributed by atoms with Crippen LogP contribution in [0.25, 0.3) is 5.65 Å². The fraction of sp³-hybridized carbons (Fsp3) is 0.263. The van der Waals surface area contributed by atoms with Gasteiger partial charge in [-0.15, -0.1) is 0 Å². The van der Waals surface area contributed by atoms with Gasteiger partial charge < -0.3 is 5.32 Å². The molecule has 0 fully saturated rings. The molecule has 0 bridgehead atoms. The maximum absolute atomic E-state index is 12.5. The second kappa shape index (κ2) is 6.95. The molecule has 0 radical (unpaired) electrons. The van der Waals surface area contributed by atoms with E-state index in [2.05, 4.69) is 24.1 Å². The van der Waals surface area contributed by atoms with Crippen LogP contribution in [-0.2, 0) is 0 Å². The van der Waals surface area contributed by atoms with Crippen molar-refractivity contribution in [3.8, 4) is 0 Å². The molecule has 0 aliphatic carbocycles. The monoisotopic (exact) mass is 352 g/mol. The van der Waals surface area contributed by atoms with Crippen LogP contribution in [0.15, 0.2) is 53.5 Å². The second-order valence-corrected chi connectivity index (χ2v) is 6.49. The van der Waals surface area contributed by atoms with Gasteiger partial charge in [-0.3, -0.25) is 19.3 Å². The van der Waals surface area contributed by atoms with Crippen LogP contribution in [0.1, 0.15) is 43.9 Å². The Bertz CT molecular complexity index is 1010. The number of aromatic nitrogens is 2. The predicted octanol–water partition coefficient (Wildman–Crippen LogP) is 3.90. The molecule has 0 aliphatic rings. The molecule has 1 aromatic carbocycles. The van der Waals surface area contributed by atoms with E-state index in [4.69, 9.17) is 0 Å². The van der Waals surface area contributed by atoms with Gasteiger partial charge in [0.1, 0.15) is 5.65 Å². The summed E-state index contributed by atoms with van der Waals surface area (Å²) in [4.78, 5) is 27.5. The zero-order valence-electron chi connectivity index (χ0n) is 14.8. The van der Waals surface area contributed by atoms with Crippen LogP contribution in [0, 0.1) is 10.1 Å². The van der Waals surface area contributed by atoms with Crippen molar-refractivity contribution in [3.05, 3.63) is 80.3 Å². The maximum Gasteiger partial charge on any atom is 0.376 e. The Morgan fingerprint density at radius 3 is 2.35 bits per heavy atom. The van der Waals surface area contributed by atoms with Crippen LogP contribution in [-0.4, -0.2) is 14.3 Å². The molecule has 0 aliphatic heterocycles. The van der Waals surface area contributed by atoms with E-state index < -0.39 is 16.2 Å². The maximum atomic E-state index is 12.5. The minimum atomic E-state index is -0.703. The lowest BCUT2D eigenvalue weighted by atomic mass is 9.99. The summed E-state index contributed by atoms with van der Waals surface area (Å²) in [5.41, 5.74) is 1.27. The summed E-state index contributed by atoms with van der Waals surface area (Å²) in [6.07, 6.45) is 1.47. The molecule has 1 atom stereocenters. The van der Waals surface area contributed by atoms with Crippen LogP contribution in [0.5, 0.6) is 0 Å². The molecule has 26 heavy (non-hydrogen) atoms. The molecule has 0 saturated carbocycles. The number of nitrogens with zero attached hydrogens (tertiary/aromatic N) is 3. The number of nitro groups is 1. The van der Waals surface area contributed by atoms with Crippen molar-refractivity contribution >= 4 is 17.2 Å². The lowest BCUT2D eigenvalue weighted by Crippen LogP contribution is -2.22. The molecule has 3 aromatic rings. The molecule has 7 nitrogen and oxygen atoms in total. The highest BCUT2D eigenvalue weighted by Gasteiger charge is 2.24. The number of pyridine rings is 1. The summed E-state index contributed by atoms with van der Waals surface area (Å²) in [5, 5.41) is 14.5. The largest absolute Gasteiger partial charge is 0.376 e. The standard InChI is InChI=1S/C19H20N4O3/c1-12(2)14-7-9-15(10-8-14)13(3)20-18-17(23(25)26)19(24)22-11-5-4-6-16(22)21-18/h4-13,20H,1-3H3/t13-/m1/s1. The number of hydrogen-bond acceptors (Lipinski definition) is 5. The van der Waals surface area contributed by atoms with E-state index in [1.54, 1.807) is 18.2 Å². The van der Waals surface area contributed by atoms with Gasteiger partial charge in [0.25, 0.3) is 0 Å². The molecule has 0 amide bonds. The van der Waals surface area contributed by atoms with Crippen molar-refractivity contribution in [2.75, 3.05) is 5.32 Å². The molecule has 0 unspecified atom stereocenters. The highest BCUT2D eigenvalue weighted by atomic mass is 16.6. The van der Waals surface area contributed by atoms with Gasteiger partial charge in [-0.25, -0.2) is 4.98 Å². The van der Waals surface area contributed by atoms with Crippen molar-refractivity contribution in [1.82, 2.24) is 9.38 Å². The molecule has 134 valence electrons. The lowest BCUT2D eigenvalue weighted by molar-refractivity contribution is -0.385. The third kappa shape index (κ3) is 3.28. The average Bonchev–Trinajstić information content (AvgIpc) is 2.61. The lowest BCUT2D eigenvalue weighted by Gasteiger charge is -2.16. The van der Waals surface area contributed by atoms with Gasteiger partial charge in [0.2, 0.25) is 5.82 Å². The first-order chi connectivity index (χ1) is 12.4. The van der Waals surface area contributed by atoms with E-state index in [0.717, 1.165) is 5.56 Å². The normalized spacial score (nSPS) is 12.3. The van der Waals surface area contributed by atoms with Crippen LogP contribution in [0.4, 0.5) is 11.5 Å². The van der Waals surface area contributed by atoms with Crippen LogP contribution >= 0.6 is 0 Å². The topological polar surface area (TPSA) is 89.5 Å². The molecule has 2 aromatic heterocycles. The Morgan fingerprint density at radius 2 is 1.73 bits per heavy atom. The van der Waals surface area contributed by atoms with Gasteiger partial charge in [0.05, 0.1) is 11.0 Å². The van der Waals surface area contributed by atoms with E-state index in [-0.39, 0.29) is 11.9 Å². The van der Waals surface area contributed by atoms with Crippen molar-refractivity contribution in [2.45, 2.75) is 32.7 Å². The molecule has 3 rings (SSSR count). The SMILES string of the molecule is CC(C)c1ccc([C@@H](C)Nc2nc3ccccn3c(=O)c2[N+](=O)[O-])cc1. The first-order valence-corrected chi connectivity index (χ1v) is 8.40. The third-order valence-electron chi connectivity index (χ3n) is 4.35. The molecular formula is C19H20N4O3. The summed E-state index contributed by atoms with van der Waals surface area (Å²) < 4.78 is 1.17. The summed E-state index contributed by atoms with van der Waals surface area (Å²) in [6, 6.07) is 12.8. The third-order valence-corrected chi connectivity index (χ3v) is 4.35. The molecule has 2 heterocycles. The average molecular weight is 352 g/mol. The fourth-order valence-electron chi connectivity index (χ4n) is 2.80. The molecule has 7 heteroatoms. The number of anilines is 1. The molecule has 0 saturated heterocycles. The summed E-state index contributed by atoms with van der Waals surface area (Å²) in [5.74, 6) is 0.405. The molecule has 0 spiro atoms. The number of benzene rings is 1. The Morgan fingerprint density at radius 1 is 1.08 bits per heavy atom. The molecular weight excluding hydrogens is 332 g/mol. The quantitative estimate of drug-likeness (QED) is 0.555. The number of nitrogens with one attached hydrogen (secondary N) is 1. The minimum Gasteiger partial charge on any atom is -0.358 e. The zero-order chi connectivity index (χ0) is 18.8. The van der Waals surface area contributed by atoms with Gasteiger partial charge in [-0.1, -0.05) is 44.2 Å². The van der Waals surface area contributed by atoms with Crippen molar-refractivity contribution in [2.24, 2.45) is 0 Å². The first-order valence-electron chi connectivity index (χ1n) is 8.40. The van der Waals surface area contributed by atoms with Crippen LogP contribution < -0.4 is 10.9 Å². The van der Waals surface area contributed by atoms with Gasteiger partial charge in [-0.05, 0) is 36.1 Å². The van der Waals surface area contributed by atoms with Gasteiger partial charge in [0, 0.05) is 6.20 Å². The zero-order valence-corrected chi connectivity index (χ0v) is 14.8. The first kappa shape index (κ1) is 17.6. The Kier molecular flexibility index (Phi) is 4.71. The number of rotatable bonds is 5. The van der Waals surface area contributed by atoms with E-state index in [1.165, 1.54) is 16.2 Å². The van der Waals surface area contributed by atoms with E-state index in [0.29, 0.717) is 11.6 Å².